The summed E-state index contributed by atoms with van der Waals surface area (Å²) in [6, 6.07) is 5.11. The second-order valence-electron chi connectivity index (χ2n) is 4.96. The molecule has 7 heteroatoms. The van der Waals surface area contributed by atoms with Crippen molar-refractivity contribution >= 4 is 21.6 Å². The Morgan fingerprint density at radius 2 is 2.00 bits per heavy atom. The molecule has 0 aliphatic heterocycles. The molecule has 1 unspecified atom stereocenters. The highest BCUT2D eigenvalue weighted by Crippen LogP contribution is 2.22. The van der Waals surface area contributed by atoms with Crippen molar-refractivity contribution in [1.29, 1.82) is 0 Å². The van der Waals surface area contributed by atoms with Gasteiger partial charge in [-0.15, -0.1) is 0 Å². The van der Waals surface area contributed by atoms with Crippen molar-refractivity contribution in [2.24, 2.45) is 0 Å². The van der Waals surface area contributed by atoms with Crippen LogP contribution in [0.15, 0.2) is 23.1 Å². The van der Waals surface area contributed by atoms with Crippen molar-refractivity contribution < 1.29 is 8.42 Å². The zero-order chi connectivity index (χ0) is 15.3. The number of benzene rings is 1. The second-order valence-corrected chi connectivity index (χ2v) is 7.10. The van der Waals surface area contributed by atoms with Gasteiger partial charge < -0.3 is 10.2 Å². The van der Waals surface area contributed by atoms with E-state index in [0.29, 0.717) is 13.1 Å². The van der Waals surface area contributed by atoms with E-state index in [9.17, 15) is 8.42 Å². The van der Waals surface area contributed by atoms with Gasteiger partial charge in [-0.3, -0.25) is 0 Å². The summed E-state index contributed by atoms with van der Waals surface area (Å²) in [7, 11) is 2.01. The van der Waals surface area contributed by atoms with Crippen molar-refractivity contribution in [3.05, 3.63) is 28.8 Å². The van der Waals surface area contributed by atoms with E-state index >= 15 is 0 Å². The van der Waals surface area contributed by atoms with E-state index in [-0.39, 0.29) is 16.0 Å². The van der Waals surface area contributed by atoms with E-state index in [1.165, 1.54) is 0 Å². The van der Waals surface area contributed by atoms with E-state index in [0.717, 1.165) is 5.56 Å². The van der Waals surface area contributed by atoms with E-state index in [2.05, 4.69) is 10.0 Å². The van der Waals surface area contributed by atoms with Crippen LogP contribution in [0.4, 0.5) is 0 Å². The molecule has 5 nitrogen and oxygen atoms in total. The first-order chi connectivity index (χ1) is 9.27. The van der Waals surface area contributed by atoms with Crippen LogP contribution in [-0.4, -0.2) is 47.0 Å². The van der Waals surface area contributed by atoms with Gasteiger partial charge in [-0.1, -0.05) is 17.7 Å². The molecule has 0 bridgehead atoms. The van der Waals surface area contributed by atoms with Gasteiger partial charge in [0, 0.05) is 19.1 Å². The molecule has 0 fully saturated rings. The number of nitrogens with zero attached hydrogens (tertiary/aromatic N) is 1. The Bertz CT molecular complexity index is 547. The minimum atomic E-state index is -3.60. The van der Waals surface area contributed by atoms with Crippen LogP contribution in [0.2, 0.25) is 5.02 Å². The highest BCUT2D eigenvalue weighted by atomic mass is 35.5. The zero-order valence-electron chi connectivity index (χ0n) is 12.3. The highest BCUT2D eigenvalue weighted by molar-refractivity contribution is 7.89. The standard InChI is InChI=1S/C13H22ClN3O2S/c1-10(17(3)4)8-16-20(18,19)13-7-11(9-15-2)5-6-12(13)14/h5-7,10,15-16H,8-9H2,1-4H3. The molecule has 0 aliphatic rings. The molecule has 0 amide bonds. The third kappa shape index (κ3) is 4.71. The first-order valence-electron chi connectivity index (χ1n) is 6.37. The number of likely N-dealkylation sites (N-methyl/N-ethyl adjacent to an activating group) is 1. The Labute approximate surface area is 126 Å². The molecule has 0 spiro atoms. The zero-order valence-corrected chi connectivity index (χ0v) is 13.8. The van der Waals surface area contributed by atoms with Gasteiger partial charge in [-0.25, -0.2) is 13.1 Å². The SMILES string of the molecule is CNCc1ccc(Cl)c(S(=O)(=O)NCC(C)N(C)C)c1. The predicted molar refractivity (Wildman–Crippen MR) is 82.6 cm³/mol. The molecule has 0 radical (unpaired) electrons. The summed E-state index contributed by atoms with van der Waals surface area (Å²) in [6.45, 7) is 2.87. The summed E-state index contributed by atoms with van der Waals surface area (Å²) in [6.07, 6.45) is 0. The Morgan fingerprint density at radius 3 is 2.55 bits per heavy atom. The molecule has 0 aromatic heterocycles. The van der Waals surface area contributed by atoms with Crippen LogP contribution >= 0.6 is 11.6 Å². The molecule has 20 heavy (non-hydrogen) atoms. The van der Waals surface area contributed by atoms with E-state index in [1.54, 1.807) is 25.2 Å². The first-order valence-corrected chi connectivity index (χ1v) is 8.23. The third-order valence-electron chi connectivity index (χ3n) is 3.12. The van der Waals surface area contributed by atoms with Gasteiger partial charge in [-0.2, -0.15) is 0 Å². The fourth-order valence-corrected chi connectivity index (χ4v) is 3.23. The summed E-state index contributed by atoms with van der Waals surface area (Å²) in [5, 5.41) is 3.21. The molecule has 1 rings (SSSR count). The lowest BCUT2D eigenvalue weighted by Crippen LogP contribution is -2.38. The molecule has 0 saturated carbocycles. The molecule has 1 atom stereocenters. The lowest BCUT2D eigenvalue weighted by molar-refractivity contribution is 0.314. The topological polar surface area (TPSA) is 61.4 Å². The smallest absolute Gasteiger partial charge is 0.242 e. The van der Waals surface area contributed by atoms with Crippen molar-refractivity contribution in [2.75, 3.05) is 27.7 Å². The summed E-state index contributed by atoms with van der Waals surface area (Å²) in [5.74, 6) is 0. The number of halogens is 1. The lowest BCUT2D eigenvalue weighted by Gasteiger charge is -2.20. The van der Waals surface area contributed by atoms with Gasteiger partial charge in [0.25, 0.3) is 0 Å². The number of nitrogens with one attached hydrogen (secondary N) is 2. The quantitative estimate of drug-likeness (QED) is 0.795. The fraction of sp³-hybridized carbons (Fsp3) is 0.538. The first kappa shape index (κ1) is 17.4. The van der Waals surface area contributed by atoms with Crippen molar-refractivity contribution in [3.63, 3.8) is 0 Å². The van der Waals surface area contributed by atoms with Gasteiger partial charge >= 0.3 is 0 Å². The Kier molecular flexibility index (Phi) is 6.42. The number of rotatable bonds is 7. The second kappa shape index (κ2) is 7.38. The molecule has 0 aliphatic carbocycles. The lowest BCUT2D eigenvalue weighted by atomic mass is 10.2. The summed E-state index contributed by atoms with van der Waals surface area (Å²) >= 11 is 6.01. The van der Waals surface area contributed by atoms with Gasteiger partial charge in [0.05, 0.1) is 5.02 Å². The molecular formula is C13H22ClN3O2S. The normalized spacial score (nSPS) is 13.7. The van der Waals surface area contributed by atoms with Gasteiger partial charge in [-0.05, 0) is 45.8 Å². The number of sulfonamides is 1. The number of hydrogen-bond acceptors (Lipinski definition) is 4. The Morgan fingerprint density at radius 1 is 1.35 bits per heavy atom. The molecule has 114 valence electrons. The van der Waals surface area contributed by atoms with Crippen molar-refractivity contribution in [3.8, 4) is 0 Å². The molecule has 0 saturated heterocycles. The summed E-state index contributed by atoms with van der Waals surface area (Å²) < 4.78 is 27.2. The van der Waals surface area contributed by atoms with Crippen LogP contribution in [0.1, 0.15) is 12.5 Å². The minimum absolute atomic E-state index is 0.101. The molecule has 1 aromatic rings. The van der Waals surface area contributed by atoms with E-state index < -0.39 is 10.0 Å². The molecule has 2 N–H and O–H groups in total. The molecule has 1 aromatic carbocycles. The summed E-state index contributed by atoms with van der Waals surface area (Å²) in [4.78, 5) is 2.07. The fourth-order valence-electron chi connectivity index (χ4n) is 1.56. The van der Waals surface area contributed by atoms with Crippen molar-refractivity contribution in [2.45, 2.75) is 24.4 Å². The van der Waals surface area contributed by atoms with Crippen LogP contribution in [0.5, 0.6) is 0 Å². The third-order valence-corrected chi connectivity index (χ3v) is 5.02. The summed E-state index contributed by atoms with van der Waals surface area (Å²) in [5.41, 5.74) is 0.873. The Balaban J connectivity index is 2.94. The maximum absolute atomic E-state index is 12.3. The van der Waals surface area contributed by atoms with Gasteiger partial charge in [0.15, 0.2) is 0 Å². The maximum atomic E-state index is 12.3. The van der Waals surface area contributed by atoms with E-state index in [1.807, 2.05) is 25.9 Å². The predicted octanol–water partition coefficient (Wildman–Crippen LogP) is 1.29. The van der Waals surface area contributed by atoms with Crippen molar-refractivity contribution in [1.82, 2.24) is 14.9 Å². The molecule has 0 heterocycles. The molecular weight excluding hydrogens is 298 g/mol. The number of hydrogen-bond donors (Lipinski definition) is 2. The minimum Gasteiger partial charge on any atom is -0.316 e. The van der Waals surface area contributed by atoms with Crippen LogP contribution < -0.4 is 10.0 Å². The van der Waals surface area contributed by atoms with Gasteiger partial charge in [0.2, 0.25) is 10.0 Å². The van der Waals surface area contributed by atoms with Gasteiger partial charge in [0.1, 0.15) is 4.90 Å². The monoisotopic (exact) mass is 319 g/mol. The maximum Gasteiger partial charge on any atom is 0.242 e. The average molecular weight is 320 g/mol. The average Bonchev–Trinajstić information content (AvgIpc) is 2.38. The van der Waals surface area contributed by atoms with E-state index in [4.69, 9.17) is 11.6 Å². The largest absolute Gasteiger partial charge is 0.316 e. The van der Waals surface area contributed by atoms with Crippen LogP contribution in [-0.2, 0) is 16.6 Å². The van der Waals surface area contributed by atoms with Crippen LogP contribution in [0.3, 0.4) is 0 Å². The highest BCUT2D eigenvalue weighted by Gasteiger charge is 2.19. The van der Waals surface area contributed by atoms with Crippen LogP contribution in [0.25, 0.3) is 0 Å². The van der Waals surface area contributed by atoms with Crippen LogP contribution in [0, 0.1) is 0 Å². The Hall–Kier alpha value is -0.660.